The molecule has 1 N–H and O–H groups in total. The van der Waals surface area contributed by atoms with Crippen molar-refractivity contribution in [3.63, 3.8) is 0 Å². The van der Waals surface area contributed by atoms with E-state index in [9.17, 15) is 0 Å². The Morgan fingerprint density at radius 3 is 2.72 bits per heavy atom. The van der Waals surface area contributed by atoms with Gasteiger partial charge in [0.05, 0.1) is 5.92 Å². The first-order valence-corrected chi connectivity index (χ1v) is 6.86. The molecule has 1 rings (SSSR count). The van der Waals surface area contributed by atoms with Crippen LogP contribution in [0.4, 0.5) is 0 Å². The second kappa shape index (κ2) is 8.21. The smallest absolute Gasteiger partial charge is 0.231 e. The highest BCUT2D eigenvalue weighted by atomic mass is 16.5. The number of hydrogen-bond acceptors (Lipinski definition) is 5. The summed E-state index contributed by atoms with van der Waals surface area (Å²) in [5.41, 5.74) is 0. The van der Waals surface area contributed by atoms with Crippen molar-refractivity contribution in [1.82, 2.24) is 15.5 Å². The van der Waals surface area contributed by atoms with Crippen LogP contribution in [0.5, 0.6) is 0 Å². The van der Waals surface area contributed by atoms with Gasteiger partial charge in [-0.2, -0.15) is 4.98 Å². The normalized spacial score (nSPS) is 14.7. The van der Waals surface area contributed by atoms with Gasteiger partial charge in [-0.1, -0.05) is 25.9 Å². The van der Waals surface area contributed by atoms with Crippen LogP contribution >= 0.6 is 0 Å². The maximum absolute atomic E-state index is 5.31. The summed E-state index contributed by atoms with van der Waals surface area (Å²) < 4.78 is 10.6. The molecule has 5 heteroatoms. The van der Waals surface area contributed by atoms with Crippen molar-refractivity contribution in [3.05, 3.63) is 11.7 Å². The van der Waals surface area contributed by atoms with E-state index >= 15 is 0 Å². The predicted octanol–water partition coefficient (Wildman–Crippen LogP) is 2.49. The van der Waals surface area contributed by atoms with Crippen LogP contribution in [0.1, 0.15) is 58.2 Å². The zero-order valence-electron chi connectivity index (χ0n) is 11.9. The molecule has 104 valence electrons. The monoisotopic (exact) mass is 255 g/mol. The Hall–Kier alpha value is -0.940. The van der Waals surface area contributed by atoms with Gasteiger partial charge in [0, 0.05) is 12.6 Å². The summed E-state index contributed by atoms with van der Waals surface area (Å²) >= 11 is 0. The van der Waals surface area contributed by atoms with E-state index in [2.05, 4.69) is 36.2 Å². The fourth-order valence-corrected chi connectivity index (χ4v) is 1.88. The average Bonchev–Trinajstić information content (AvgIpc) is 2.85. The molecule has 2 atom stereocenters. The van der Waals surface area contributed by atoms with E-state index in [-0.39, 0.29) is 5.92 Å². The van der Waals surface area contributed by atoms with Crippen LogP contribution in [0.15, 0.2) is 4.52 Å². The van der Waals surface area contributed by atoms with Gasteiger partial charge in [0.1, 0.15) is 6.61 Å². The molecule has 0 aliphatic heterocycles. The zero-order chi connectivity index (χ0) is 13.4. The summed E-state index contributed by atoms with van der Waals surface area (Å²) in [5, 5.41) is 7.44. The predicted molar refractivity (Wildman–Crippen MR) is 70.4 cm³/mol. The third-order valence-electron chi connectivity index (χ3n) is 3.01. The minimum absolute atomic E-state index is 0.226. The Kier molecular flexibility index (Phi) is 6.90. The second-order valence-electron chi connectivity index (χ2n) is 4.44. The van der Waals surface area contributed by atoms with Crippen LogP contribution in [-0.4, -0.2) is 29.3 Å². The molecule has 2 unspecified atom stereocenters. The van der Waals surface area contributed by atoms with Gasteiger partial charge in [0.2, 0.25) is 5.89 Å². The molecule has 1 aromatic rings. The van der Waals surface area contributed by atoms with E-state index < -0.39 is 0 Å². The molecule has 1 heterocycles. The Morgan fingerprint density at radius 2 is 2.11 bits per heavy atom. The number of ether oxygens (including phenoxy) is 1. The lowest BCUT2D eigenvalue weighted by atomic mass is 9.99. The molecule has 0 saturated heterocycles. The van der Waals surface area contributed by atoms with Gasteiger partial charge in [0.25, 0.3) is 0 Å². The molecular formula is C13H25N3O2. The van der Waals surface area contributed by atoms with Crippen LogP contribution < -0.4 is 5.32 Å². The van der Waals surface area contributed by atoms with E-state index in [1.165, 1.54) is 0 Å². The largest absolute Gasteiger partial charge is 0.374 e. The van der Waals surface area contributed by atoms with Crippen molar-refractivity contribution in [1.29, 1.82) is 0 Å². The molecule has 0 aliphatic rings. The molecule has 0 spiro atoms. The zero-order valence-corrected chi connectivity index (χ0v) is 11.9. The quantitative estimate of drug-likeness (QED) is 0.734. The van der Waals surface area contributed by atoms with Crippen LogP contribution in [0.2, 0.25) is 0 Å². The first kappa shape index (κ1) is 15.1. The Balaban J connectivity index is 2.57. The fourth-order valence-electron chi connectivity index (χ4n) is 1.88. The molecule has 18 heavy (non-hydrogen) atoms. The minimum Gasteiger partial charge on any atom is -0.374 e. The molecule has 0 fully saturated rings. The summed E-state index contributed by atoms with van der Waals surface area (Å²) in [4.78, 5) is 4.38. The van der Waals surface area contributed by atoms with Crippen LogP contribution in [0.25, 0.3) is 0 Å². The Bertz CT molecular complexity index is 328. The van der Waals surface area contributed by atoms with Crippen molar-refractivity contribution in [2.45, 2.75) is 59.1 Å². The highest BCUT2D eigenvalue weighted by Gasteiger charge is 2.22. The van der Waals surface area contributed by atoms with Crippen molar-refractivity contribution in [3.8, 4) is 0 Å². The maximum atomic E-state index is 5.31. The summed E-state index contributed by atoms with van der Waals surface area (Å²) in [7, 11) is 0. The highest BCUT2D eigenvalue weighted by molar-refractivity contribution is 4.96. The fraction of sp³-hybridized carbons (Fsp3) is 0.846. The van der Waals surface area contributed by atoms with Gasteiger partial charge >= 0.3 is 0 Å². The lowest BCUT2D eigenvalue weighted by Crippen LogP contribution is -2.33. The third-order valence-corrected chi connectivity index (χ3v) is 3.01. The molecule has 0 radical (unpaired) electrons. The van der Waals surface area contributed by atoms with Gasteiger partial charge in [-0.05, 0) is 26.3 Å². The van der Waals surface area contributed by atoms with E-state index in [0.29, 0.717) is 31.0 Å². The highest BCUT2D eigenvalue weighted by Crippen LogP contribution is 2.19. The van der Waals surface area contributed by atoms with E-state index in [1.54, 1.807) is 0 Å². The first-order chi connectivity index (χ1) is 8.72. The van der Waals surface area contributed by atoms with Gasteiger partial charge < -0.3 is 14.6 Å². The first-order valence-electron chi connectivity index (χ1n) is 6.86. The molecule has 0 saturated carbocycles. The van der Waals surface area contributed by atoms with Crippen molar-refractivity contribution in [2.24, 2.45) is 0 Å². The summed E-state index contributed by atoms with van der Waals surface area (Å²) in [5.74, 6) is 1.55. The number of rotatable bonds is 9. The van der Waals surface area contributed by atoms with Gasteiger partial charge in [0.15, 0.2) is 5.82 Å². The number of aromatic nitrogens is 2. The molecule has 0 bridgehead atoms. The second-order valence-corrected chi connectivity index (χ2v) is 4.44. The minimum atomic E-state index is 0.226. The summed E-state index contributed by atoms with van der Waals surface area (Å²) in [6, 6.07) is 0.380. The van der Waals surface area contributed by atoms with E-state index in [1.807, 2.05) is 6.92 Å². The molecule has 0 aliphatic carbocycles. The van der Waals surface area contributed by atoms with Gasteiger partial charge in [-0.25, -0.2) is 0 Å². The Morgan fingerprint density at radius 1 is 1.33 bits per heavy atom. The van der Waals surface area contributed by atoms with Crippen LogP contribution in [0, 0.1) is 0 Å². The standard InChI is InChI=1S/C13H25N3O2/c1-5-8-14-11(6-2)10(4)13-15-12(16-18-13)9-17-7-3/h10-11,14H,5-9H2,1-4H3. The summed E-state index contributed by atoms with van der Waals surface area (Å²) in [6.07, 6.45) is 2.17. The molecule has 0 aromatic carbocycles. The molecule has 1 aromatic heterocycles. The summed E-state index contributed by atoms with van der Waals surface area (Å²) in [6.45, 7) is 10.5. The van der Waals surface area contributed by atoms with E-state index in [0.717, 1.165) is 19.4 Å². The molecule has 0 amide bonds. The number of hydrogen-bond donors (Lipinski definition) is 1. The van der Waals surface area contributed by atoms with E-state index in [4.69, 9.17) is 9.26 Å². The average molecular weight is 255 g/mol. The van der Waals surface area contributed by atoms with Crippen LogP contribution in [0.3, 0.4) is 0 Å². The van der Waals surface area contributed by atoms with Crippen LogP contribution in [-0.2, 0) is 11.3 Å². The van der Waals surface area contributed by atoms with Gasteiger partial charge in [-0.15, -0.1) is 0 Å². The lowest BCUT2D eigenvalue weighted by Gasteiger charge is -2.20. The molecule has 5 nitrogen and oxygen atoms in total. The van der Waals surface area contributed by atoms with Crippen molar-refractivity contribution >= 4 is 0 Å². The van der Waals surface area contributed by atoms with Crippen molar-refractivity contribution < 1.29 is 9.26 Å². The maximum Gasteiger partial charge on any atom is 0.231 e. The molecular weight excluding hydrogens is 230 g/mol. The number of nitrogens with zero attached hydrogens (tertiary/aromatic N) is 2. The number of nitrogens with one attached hydrogen (secondary N) is 1. The third kappa shape index (κ3) is 4.38. The Labute approximate surface area is 109 Å². The lowest BCUT2D eigenvalue weighted by molar-refractivity contribution is 0.126. The topological polar surface area (TPSA) is 60.2 Å². The van der Waals surface area contributed by atoms with Crippen molar-refractivity contribution in [2.75, 3.05) is 13.2 Å². The SMILES string of the molecule is CCCNC(CC)C(C)c1nc(COCC)no1. The van der Waals surface area contributed by atoms with Gasteiger partial charge in [-0.3, -0.25) is 0 Å².